The van der Waals surface area contributed by atoms with Crippen molar-refractivity contribution in [3.63, 3.8) is 0 Å². The van der Waals surface area contributed by atoms with Gasteiger partial charge in [0.25, 0.3) is 0 Å². The van der Waals surface area contributed by atoms with Gasteiger partial charge in [-0.25, -0.2) is 0 Å². The van der Waals surface area contributed by atoms with Gasteiger partial charge in [0.1, 0.15) is 0 Å². The lowest BCUT2D eigenvalue weighted by molar-refractivity contribution is -0.203. The van der Waals surface area contributed by atoms with E-state index in [4.69, 9.17) is 15.2 Å². The number of hydrogen-bond donors (Lipinski definition) is 1. The van der Waals surface area contributed by atoms with Gasteiger partial charge in [-0.1, -0.05) is 0 Å². The molecule has 0 bridgehead atoms. The van der Waals surface area contributed by atoms with Gasteiger partial charge < -0.3 is 20.1 Å². The summed E-state index contributed by atoms with van der Waals surface area (Å²) in [6.07, 6.45) is 0.179. The maximum Gasteiger partial charge on any atom is 0.223 e. The summed E-state index contributed by atoms with van der Waals surface area (Å²) in [6.45, 7) is 2.37. The molecule has 2 N–H and O–H groups in total. The highest BCUT2D eigenvalue weighted by Crippen LogP contribution is 2.21. The third-order valence-electron chi connectivity index (χ3n) is 2.96. The first kappa shape index (κ1) is 12.9. The van der Waals surface area contributed by atoms with Gasteiger partial charge >= 0.3 is 0 Å². The molecule has 0 aliphatic carbocycles. The summed E-state index contributed by atoms with van der Waals surface area (Å²) in [5.41, 5.74) is 5.17. The number of rotatable bonds is 5. The molecule has 1 unspecified atom stereocenters. The zero-order valence-electron chi connectivity index (χ0n) is 9.86. The van der Waals surface area contributed by atoms with Crippen LogP contribution >= 0.6 is 0 Å². The molecule has 1 fully saturated rings. The van der Waals surface area contributed by atoms with Gasteiger partial charge in [-0.3, -0.25) is 9.59 Å². The summed E-state index contributed by atoms with van der Waals surface area (Å²) in [5.74, 6) is -1.77. The summed E-state index contributed by atoms with van der Waals surface area (Å²) in [6, 6.07) is 0. The Morgan fingerprint density at radius 2 is 2.12 bits per heavy atom. The van der Waals surface area contributed by atoms with Crippen molar-refractivity contribution >= 4 is 11.8 Å². The molecule has 0 aromatic carbocycles. The highest BCUT2D eigenvalue weighted by molar-refractivity contribution is 5.88. The second-order valence-electron chi connectivity index (χ2n) is 4.12. The third kappa shape index (κ3) is 2.70. The largest absolute Gasteiger partial charge is 0.369 e. The van der Waals surface area contributed by atoms with Crippen LogP contribution in [0, 0.1) is 5.92 Å². The Bertz CT molecular complexity index is 289. The molecule has 92 valence electrons. The standard InChI is InChI=1S/C10H18N2O4/c1-10(15-2,16-3)6-12-5-7(9(11)14)4-8(12)13/h7H,4-6H2,1-3H3,(H2,11,14). The number of primary amides is 1. The lowest BCUT2D eigenvalue weighted by atomic mass is 10.1. The van der Waals surface area contributed by atoms with Crippen LogP contribution in [0.15, 0.2) is 0 Å². The minimum absolute atomic E-state index is 0.0934. The van der Waals surface area contributed by atoms with E-state index >= 15 is 0 Å². The number of hydrogen-bond acceptors (Lipinski definition) is 4. The molecule has 0 aromatic heterocycles. The lowest BCUT2D eigenvalue weighted by Gasteiger charge is -2.31. The fraction of sp³-hybridized carbons (Fsp3) is 0.800. The molecule has 6 nitrogen and oxygen atoms in total. The van der Waals surface area contributed by atoms with Gasteiger partial charge in [0.15, 0.2) is 5.79 Å². The normalized spacial score (nSPS) is 21.6. The van der Waals surface area contributed by atoms with Gasteiger partial charge in [-0.2, -0.15) is 0 Å². The second-order valence-corrected chi connectivity index (χ2v) is 4.12. The zero-order valence-corrected chi connectivity index (χ0v) is 9.86. The van der Waals surface area contributed by atoms with E-state index in [9.17, 15) is 9.59 Å². The predicted octanol–water partition coefficient (Wildman–Crippen LogP) is -0.671. The molecule has 6 heteroatoms. The summed E-state index contributed by atoms with van der Waals surface area (Å²) in [4.78, 5) is 24.1. The Morgan fingerprint density at radius 1 is 1.56 bits per heavy atom. The molecular weight excluding hydrogens is 212 g/mol. The van der Waals surface area contributed by atoms with Crippen LogP contribution in [0.2, 0.25) is 0 Å². The first-order valence-corrected chi connectivity index (χ1v) is 5.09. The first-order chi connectivity index (χ1) is 7.41. The van der Waals surface area contributed by atoms with E-state index in [1.54, 1.807) is 11.8 Å². The fourth-order valence-corrected chi connectivity index (χ4v) is 1.67. The third-order valence-corrected chi connectivity index (χ3v) is 2.96. The Labute approximate surface area is 94.7 Å². The highest BCUT2D eigenvalue weighted by Gasteiger charge is 2.37. The average molecular weight is 230 g/mol. The molecule has 1 aliphatic rings. The van der Waals surface area contributed by atoms with Crippen LogP contribution in [-0.2, 0) is 19.1 Å². The van der Waals surface area contributed by atoms with Crippen molar-refractivity contribution in [2.45, 2.75) is 19.1 Å². The topological polar surface area (TPSA) is 81.9 Å². The van der Waals surface area contributed by atoms with Crippen LogP contribution in [-0.4, -0.2) is 49.8 Å². The van der Waals surface area contributed by atoms with Crippen molar-refractivity contribution in [2.75, 3.05) is 27.3 Å². The van der Waals surface area contributed by atoms with Gasteiger partial charge in [0.2, 0.25) is 11.8 Å². The van der Waals surface area contributed by atoms with Crippen LogP contribution in [0.4, 0.5) is 0 Å². The van der Waals surface area contributed by atoms with E-state index in [-0.39, 0.29) is 12.3 Å². The Balaban J connectivity index is 2.62. The number of methoxy groups -OCH3 is 2. The van der Waals surface area contributed by atoms with Gasteiger partial charge in [-0.15, -0.1) is 0 Å². The average Bonchev–Trinajstić information content (AvgIpc) is 2.60. The molecular formula is C10H18N2O4. The minimum atomic E-state index is -0.845. The van der Waals surface area contributed by atoms with Crippen LogP contribution in [0.5, 0.6) is 0 Å². The first-order valence-electron chi connectivity index (χ1n) is 5.09. The Hall–Kier alpha value is -1.14. The molecule has 1 atom stereocenters. The summed E-state index contributed by atoms with van der Waals surface area (Å²) < 4.78 is 10.3. The monoisotopic (exact) mass is 230 g/mol. The smallest absolute Gasteiger partial charge is 0.223 e. The van der Waals surface area contributed by atoms with Crippen LogP contribution < -0.4 is 5.73 Å². The predicted molar refractivity (Wildman–Crippen MR) is 56.3 cm³/mol. The fourth-order valence-electron chi connectivity index (χ4n) is 1.67. The van der Waals surface area contributed by atoms with Crippen molar-refractivity contribution in [1.29, 1.82) is 0 Å². The number of nitrogens with zero attached hydrogens (tertiary/aromatic N) is 1. The SMILES string of the molecule is COC(C)(CN1CC(C(N)=O)CC1=O)OC. The Kier molecular flexibility index (Phi) is 3.88. The van der Waals surface area contributed by atoms with Crippen molar-refractivity contribution in [1.82, 2.24) is 4.90 Å². The van der Waals surface area contributed by atoms with E-state index in [0.29, 0.717) is 13.1 Å². The van der Waals surface area contributed by atoms with Crippen LogP contribution in [0.1, 0.15) is 13.3 Å². The van der Waals surface area contributed by atoms with E-state index in [0.717, 1.165) is 0 Å². The molecule has 1 heterocycles. The van der Waals surface area contributed by atoms with E-state index in [1.165, 1.54) is 14.2 Å². The molecule has 1 rings (SSSR count). The summed E-state index contributed by atoms with van der Waals surface area (Å²) >= 11 is 0. The quantitative estimate of drug-likeness (QED) is 0.635. The van der Waals surface area contributed by atoms with Crippen LogP contribution in [0.3, 0.4) is 0 Å². The van der Waals surface area contributed by atoms with Gasteiger partial charge in [0.05, 0.1) is 12.5 Å². The number of likely N-dealkylation sites (tertiary alicyclic amines) is 1. The van der Waals surface area contributed by atoms with Crippen molar-refractivity contribution in [2.24, 2.45) is 11.7 Å². The molecule has 0 aromatic rings. The maximum absolute atomic E-state index is 11.6. The number of ether oxygens (including phenoxy) is 2. The van der Waals surface area contributed by atoms with Gasteiger partial charge in [-0.05, 0) is 6.92 Å². The maximum atomic E-state index is 11.6. The Morgan fingerprint density at radius 3 is 2.50 bits per heavy atom. The molecule has 1 saturated heterocycles. The van der Waals surface area contributed by atoms with Gasteiger partial charge in [0, 0.05) is 27.2 Å². The number of nitrogens with two attached hydrogens (primary N) is 1. The zero-order chi connectivity index (χ0) is 12.3. The van der Waals surface area contributed by atoms with E-state index in [1.807, 2.05) is 0 Å². The summed E-state index contributed by atoms with van der Waals surface area (Å²) in [5, 5.41) is 0. The summed E-state index contributed by atoms with van der Waals surface area (Å²) in [7, 11) is 3.02. The molecule has 0 spiro atoms. The molecule has 16 heavy (non-hydrogen) atoms. The molecule has 0 radical (unpaired) electrons. The number of carbonyl (C=O) groups excluding carboxylic acids is 2. The molecule has 1 aliphatic heterocycles. The highest BCUT2D eigenvalue weighted by atomic mass is 16.7. The number of amides is 2. The molecule has 0 saturated carbocycles. The van der Waals surface area contributed by atoms with E-state index < -0.39 is 17.6 Å². The van der Waals surface area contributed by atoms with E-state index in [2.05, 4.69) is 0 Å². The second kappa shape index (κ2) is 4.80. The van der Waals surface area contributed by atoms with Crippen molar-refractivity contribution < 1.29 is 19.1 Å². The van der Waals surface area contributed by atoms with Crippen molar-refractivity contribution in [3.05, 3.63) is 0 Å². The minimum Gasteiger partial charge on any atom is -0.369 e. The van der Waals surface area contributed by atoms with Crippen LogP contribution in [0.25, 0.3) is 0 Å². The number of carbonyl (C=O) groups is 2. The lowest BCUT2D eigenvalue weighted by Crippen LogP contribution is -2.44. The van der Waals surface area contributed by atoms with Crippen molar-refractivity contribution in [3.8, 4) is 0 Å². The molecule has 2 amide bonds.